The van der Waals surface area contributed by atoms with Crippen molar-refractivity contribution >= 4 is 42.8 Å². The fourth-order valence-corrected chi connectivity index (χ4v) is 6.62. The van der Waals surface area contributed by atoms with Crippen LogP contribution in [0.15, 0.2) is 53.4 Å². The van der Waals surface area contributed by atoms with E-state index in [-0.39, 0.29) is 36.4 Å². The molecule has 0 aliphatic heterocycles. The second-order valence-electron chi connectivity index (χ2n) is 9.48. The van der Waals surface area contributed by atoms with Crippen molar-refractivity contribution in [3.8, 4) is 0 Å². The number of fused-ring (bicyclic) bond motifs is 1. The van der Waals surface area contributed by atoms with E-state index in [1.807, 2.05) is 58.0 Å². The maximum absolute atomic E-state index is 13.7. The van der Waals surface area contributed by atoms with Gasteiger partial charge in [0.25, 0.3) is 0 Å². The molecule has 0 aliphatic rings. The number of aliphatic hydroxyl groups is 1. The molecule has 2 aromatic carbocycles. The van der Waals surface area contributed by atoms with Crippen LogP contribution in [0.3, 0.4) is 0 Å². The van der Waals surface area contributed by atoms with Crippen LogP contribution in [0.25, 0.3) is 10.2 Å². The van der Waals surface area contributed by atoms with E-state index in [1.165, 1.54) is 21.7 Å². The number of nitrogens with zero attached hydrogens (tertiary/aromatic N) is 2. The van der Waals surface area contributed by atoms with E-state index in [1.54, 1.807) is 12.1 Å². The minimum Gasteiger partial charge on any atom is -0.465 e. The Hall–Kier alpha value is -2.73. The molecule has 2 atom stereocenters. The first kappa shape index (κ1) is 27.9. The van der Waals surface area contributed by atoms with Crippen LogP contribution in [0.1, 0.15) is 33.3 Å². The van der Waals surface area contributed by atoms with Gasteiger partial charge in [0.15, 0.2) is 5.13 Å². The van der Waals surface area contributed by atoms with Gasteiger partial charge in [0, 0.05) is 19.1 Å². The molecule has 1 heterocycles. The summed E-state index contributed by atoms with van der Waals surface area (Å²) in [6, 6.07) is 13.3. The fourth-order valence-electron chi connectivity index (χ4n) is 3.85. The summed E-state index contributed by atoms with van der Waals surface area (Å²) in [6.45, 7) is 7.71. The van der Waals surface area contributed by atoms with E-state index in [4.69, 9.17) is 0 Å². The zero-order valence-corrected chi connectivity index (χ0v) is 22.5. The number of aliphatic hydroxyl groups excluding tert-OH is 1. The lowest BCUT2D eigenvalue weighted by molar-refractivity contribution is 0.0980. The summed E-state index contributed by atoms with van der Waals surface area (Å²) in [5.74, 6) is -0.0130. The van der Waals surface area contributed by atoms with Crippen LogP contribution in [-0.4, -0.2) is 65.3 Å². The minimum atomic E-state index is -3.97. The molecule has 196 valence electrons. The summed E-state index contributed by atoms with van der Waals surface area (Å²) in [6.07, 6.45) is -2.32. The number of thiazole rings is 1. The molecule has 4 N–H and O–H groups in total. The van der Waals surface area contributed by atoms with Crippen molar-refractivity contribution in [3.05, 3.63) is 54.1 Å². The second-order valence-corrected chi connectivity index (χ2v) is 12.4. The Kier molecular flexibility index (Phi) is 9.29. The summed E-state index contributed by atoms with van der Waals surface area (Å²) in [5.41, 5.74) is 1.53. The number of sulfonamides is 1. The molecule has 0 saturated heterocycles. The van der Waals surface area contributed by atoms with Crippen LogP contribution in [0.4, 0.5) is 9.93 Å². The van der Waals surface area contributed by atoms with Gasteiger partial charge >= 0.3 is 6.09 Å². The Morgan fingerprint density at radius 3 is 2.39 bits per heavy atom. The van der Waals surface area contributed by atoms with Gasteiger partial charge in [0.1, 0.15) is 0 Å². The van der Waals surface area contributed by atoms with Crippen LogP contribution in [0.2, 0.25) is 0 Å². The lowest BCUT2D eigenvalue weighted by atomic mass is 10.0. The van der Waals surface area contributed by atoms with Gasteiger partial charge in [-0.05, 0) is 49.9 Å². The smallest absolute Gasteiger partial charge is 0.404 e. The van der Waals surface area contributed by atoms with Crippen molar-refractivity contribution in [3.63, 3.8) is 0 Å². The molecule has 11 heteroatoms. The number of rotatable bonds is 12. The maximum atomic E-state index is 13.7. The standard InChI is InChI=1S/C25H34N4O5S2/c1-16(2)14-29(15-22(30)21(28-25(31)32)12-18-8-6-5-7-9-18)36(33,34)19-10-11-20-23(13-19)35-24(27-20)26-17(3)4/h5-11,13,16-17,21-22,28,30H,12,14-15H2,1-4H3,(H,26,27)(H,31,32)/t21-,22+/m0/s1. The maximum Gasteiger partial charge on any atom is 0.404 e. The molecule has 36 heavy (non-hydrogen) atoms. The number of hydrogen-bond acceptors (Lipinski definition) is 7. The normalized spacial score (nSPS) is 13.9. The fraction of sp³-hybridized carbons (Fsp3) is 0.440. The first-order valence-electron chi connectivity index (χ1n) is 11.8. The highest BCUT2D eigenvalue weighted by atomic mass is 32.2. The Morgan fingerprint density at radius 2 is 1.78 bits per heavy atom. The number of amides is 1. The SMILES string of the molecule is CC(C)CN(C[C@@H](O)[C@H](Cc1ccccc1)NC(=O)O)S(=O)(=O)c1ccc2nc(NC(C)C)sc2c1. The van der Waals surface area contributed by atoms with Crippen molar-refractivity contribution in [1.29, 1.82) is 0 Å². The molecule has 3 aromatic rings. The molecule has 0 spiro atoms. The lowest BCUT2D eigenvalue weighted by Gasteiger charge is -2.30. The Morgan fingerprint density at radius 1 is 1.08 bits per heavy atom. The van der Waals surface area contributed by atoms with Crippen molar-refractivity contribution in [1.82, 2.24) is 14.6 Å². The molecule has 1 aromatic heterocycles. The Balaban J connectivity index is 1.88. The van der Waals surface area contributed by atoms with Gasteiger partial charge < -0.3 is 20.8 Å². The summed E-state index contributed by atoms with van der Waals surface area (Å²) >= 11 is 1.38. The molecule has 3 rings (SSSR count). The molecule has 0 unspecified atom stereocenters. The summed E-state index contributed by atoms with van der Waals surface area (Å²) < 4.78 is 29.3. The molecule has 0 aliphatic carbocycles. The van der Waals surface area contributed by atoms with Gasteiger partial charge in [-0.3, -0.25) is 0 Å². The predicted octanol–water partition coefficient (Wildman–Crippen LogP) is 4.00. The average molecular weight is 535 g/mol. The third-order valence-corrected chi connectivity index (χ3v) is 8.22. The third-order valence-electron chi connectivity index (χ3n) is 5.44. The summed E-state index contributed by atoms with van der Waals surface area (Å²) in [5, 5.41) is 26.6. The molecular formula is C25H34N4O5S2. The van der Waals surface area contributed by atoms with Gasteiger partial charge in [0.05, 0.1) is 27.3 Å². The molecule has 0 radical (unpaired) electrons. The first-order chi connectivity index (χ1) is 17.0. The number of aromatic nitrogens is 1. The number of hydrogen-bond donors (Lipinski definition) is 4. The Bertz CT molecular complexity index is 1260. The zero-order chi connectivity index (χ0) is 26.5. The van der Waals surface area contributed by atoms with Gasteiger partial charge in [-0.2, -0.15) is 4.31 Å². The molecule has 0 fully saturated rings. The first-order valence-corrected chi connectivity index (χ1v) is 14.1. The van der Waals surface area contributed by atoms with E-state index in [2.05, 4.69) is 15.6 Å². The summed E-state index contributed by atoms with van der Waals surface area (Å²) in [4.78, 5) is 16.0. The van der Waals surface area contributed by atoms with E-state index in [0.29, 0.717) is 10.6 Å². The Labute approximate surface area is 216 Å². The van der Waals surface area contributed by atoms with Gasteiger partial charge in [-0.15, -0.1) is 0 Å². The molecule has 0 bridgehead atoms. The topological polar surface area (TPSA) is 132 Å². The molecule has 1 amide bonds. The largest absolute Gasteiger partial charge is 0.465 e. The average Bonchev–Trinajstić information content (AvgIpc) is 3.19. The number of carboxylic acid groups (broad SMARTS) is 1. The predicted molar refractivity (Wildman–Crippen MR) is 143 cm³/mol. The van der Waals surface area contributed by atoms with E-state index in [0.717, 1.165) is 10.3 Å². The number of anilines is 1. The number of nitrogens with one attached hydrogen (secondary N) is 2. The molecule has 9 nitrogen and oxygen atoms in total. The molecule has 0 saturated carbocycles. The van der Waals surface area contributed by atoms with Gasteiger partial charge in [-0.1, -0.05) is 55.5 Å². The van der Waals surface area contributed by atoms with Gasteiger partial charge in [0.2, 0.25) is 10.0 Å². The van der Waals surface area contributed by atoms with Crippen LogP contribution < -0.4 is 10.6 Å². The van der Waals surface area contributed by atoms with E-state index in [9.17, 15) is 23.4 Å². The highest BCUT2D eigenvalue weighted by molar-refractivity contribution is 7.89. The third kappa shape index (κ3) is 7.39. The zero-order valence-electron chi connectivity index (χ0n) is 20.9. The summed E-state index contributed by atoms with van der Waals surface area (Å²) in [7, 11) is -3.97. The van der Waals surface area contributed by atoms with Gasteiger partial charge in [-0.25, -0.2) is 18.2 Å². The highest BCUT2D eigenvalue weighted by Crippen LogP contribution is 2.30. The highest BCUT2D eigenvalue weighted by Gasteiger charge is 2.31. The monoisotopic (exact) mass is 534 g/mol. The number of carbonyl (C=O) groups is 1. The van der Waals surface area contributed by atoms with Crippen LogP contribution >= 0.6 is 11.3 Å². The quantitative estimate of drug-likeness (QED) is 0.276. The van der Waals surface area contributed by atoms with Crippen molar-refractivity contribution in [2.24, 2.45) is 5.92 Å². The minimum absolute atomic E-state index is 0.0130. The van der Waals surface area contributed by atoms with E-state index >= 15 is 0 Å². The second kappa shape index (κ2) is 12.0. The van der Waals surface area contributed by atoms with E-state index < -0.39 is 28.3 Å². The number of benzene rings is 2. The molecular weight excluding hydrogens is 500 g/mol. The lowest BCUT2D eigenvalue weighted by Crippen LogP contribution is -2.50. The van der Waals surface area contributed by atoms with Crippen LogP contribution in [-0.2, 0) is 16.4 Å². The van der Waals surface area contributed by atoms with Crippen LogP contribution in [0.5, 0.6) is 0 Å². The van der Waals surface area contributed by atoms with Crippen molar-refractivity contribution < 1.29 is 23.4 Å². The van der Waals surface area contributed by atoms with Crippen LogP contribution in [0, 0.1) is 5.92 Å². The van der Waals surface area contributed by atoms with Crippen molar-refractivity contribution in [2.75, 3.05) is 18.4 Å². The van der Waals surface area contributed by atoms with Crippen molar-refractivity contribution in [2.45, 2.75) is 57.2 Å².